The summed E-state index contributed by atoms with van der Waals surface area (Å²) in [5.74, 6) is -1.03. The van der Waals surface area contributed by atoms with Gasteiger partial charge in [0.15, 0.2) is 0 Å². The maximum Gasteiger partial charge on any atom is 0.256 e. The first-order valence-corrected chi connectivity index (χ1v) is 12.6. The predicted molar refractivity (Wildman–Crippen MR) is 118 cm³/mol. The quantitative estimate of drug-likeness (QED) is 0.660. The molecule has 2 amide bonds. The second-order valence-corrected chi connectivity index (χ2v) is 10.7. The van der Waals surface area contributed by atoms with E-state index < -0.39 is 21.8 Å². The number of amides is 2. The van der Waals surface area contributed by atoms with E-state index in [2.05, 4.69) is 5.32 Å². The lowest BCUT2D eigenvalue weighted by Crippen LogP contribution is -2.40. The van der Waals surface area contributed by atoms with E-state index in [1.807, 2.05) is 0 Å². The van der Waals surface area contributed by atoms with E-state index >= 15 is 0 Å². The zero-order chi connectivity index (χ0) is 22.0. The number of carbonyl (C=O) groups excluding carboxylic acids is 2. The van der Waals surface area contributed by atoms with E-state index in [0.717, 1.165) is 42.5 Å². The Labute approximate surface area is 185 Å². The van der Waals surface area contributed by atoms with Crippen LogP contribution >= 0.6 is 11.3 Å². The standard InChI is InChI=1S/C21H25N3O5S2/c22-19(25)18-16-7-2-1-3-8-17(16)30-21(18)23-20(26)14-5-4-6-15(13-14)31(27,28)24-9-11-29-12-10-24/h4-6,13H,1-3,7-12H2,(H2,22,25)(H,23,26). The number of benzene rings is 1. The number of primary amides is 1. The lowest BCUT2D eigenvalue weighted by atomic mass is 10.1. The molecule has 31 heavy (non-hydrogen) atoms. The summed E-state index contributed by atoms with van der Waals surface area (Å²) >= 11 is 1.39. The van der Waals surface area contributed by atoms with Gasteiger partial charge in [-0.2, -0.15) is 4.31 Å². The van der Waals surface area contributed by atoms with Gasteiger partial charge >= 0.3 is 0 Å². The molecule has 0 bridgehead atoms. The van der Waals surface area contributed by atoms with Crippen molar-refractivity contribution >= 4 is 38.2 Å². The molecule has 0 radical (unpaired) electrons. The Morgan fingerprint density at radius 1 is 1.10 bits per heavy atom. The molecule has 1 aromatic carbocycles. The number of hydrogen-bond donors (Lipinski definition) is 2. The third-order valence-electron chi connectivity index (χ3n) is 5.60. The number of ether oxygens (including phenoxy) is 1. The molecule has 10 heteroatoms. The van der Waals surface area contributed by atoms with Gasteiger partial charge in [-0.05, 0) is 49.4 Å². The number of nitrogens with one attached hydrogen (secondary N) is 1. The molecule has 2 aliphatic rings. The van der Waals surface area contributed by atoms with Crippen molar-refractivity contribution in [1.29, 1.82) is 0 Å². The van der Waals surface area contributed by atoms with E-state index in [9.17, 15) is 18.0 Å². The van der Waals surface area contributed by atoms with Crippen LogP contribution in [-0.2, 0) is 27.6 Å². The number of anilines is 1. The second-order valence-electron chi connectivity index (χ2n) is 7.63. The molecule has 0 saturated carbocycles. The molecular formula is C21H25N3O5S2. The van der Waals surface area contributed by atoms with Gasteiger partial charge in [-0.1, -0.05) is 12.5 Å². The van der Waals surface area contributed by atoms with Gasteiger partial charge in [0.05, 0.1) is 23.7 Å². The molecule has 0 unspecified atom stereocenters. The summed E-state index contributed by atoms with van der Waals surface area (Å²) < 4.78 is 32.4. The van der Waals surface area contributed by atoms with Gasteiger partial charge in [-0.25, -0.2) is 8.42 Å². The summed E-state index contributed by atoms with van der Waals surface area (Å²) in [6, 6.07) is 5.93. The van der Waals surface area contributed by atoms with Crippen molar-refractivity contribution in [3.8, 4) is 0 Å². The number of morpholine rings is 1. The number of sulfonamides is 1. The summed E-state index contributed by atoms with van der Waals surface area (Å²) in [7, 11) is -3.72. The van der Waals surface area contributed by atoms with Crippen LogP contribution in [0.1, 0.15) is 50.4 Å². The number of nitrogens with zero attached hydrogens (tertiary/aromatic N) is 1. The Balaban J connectivity index is 1.60. The van der Waals surface area contributed by atoms with Gasteiger partial charge in [-0.15, -0.1) is 11.3 Å². The molecule has 2 heterocycles. The third kappa shape index (κ3) is 4.52. The topological polar surface area (TPSA) is 119 Å². The van der Waals surface area contributed by atoms with Crippen molar-refractivity contribution in [2.45, 2.75) is 37.0 Å². The highest BCUT2D eigenvalue weighted by Crippen LogP contribution is 2.37. The van der Waals surface area contributed by atoms with Crippen molar-refractivity contribution in [2.75, 3.05) is 31.6 Å². The average Bonchev–Trinajstić information content (AvgIpc) is 2.95. The lowest BCUT2D eigenvalue weighted by Gasteiger charge is -2.26. The molecule has 166 valence electrons. The maximum atomic E-state index is 12.9. The first-order chi connectivity index (χ1) is 14.9. The van der Waals surface area contributed by atoms with Crippen LogP contribution in [0.5, 0.6) is 0 Å². The van der Waals surface area contributed by atoms with Crippen molar-refractivity contribution in [2.24, 2.45) is 5.73 Å². The Kier molecular flexibility index (Phi) is 6.42. The van der Waals surface area contributed by atoms with Crippen LogP contribution < -0.4 is 11.1 Å². The SMILES string of the molecule is NC(=O)c1c(NC(=O)c2cccc(S(=O)(=O)N3CCOCC3)c2)sc2c1CCCCC2. The van der Waals surface area contributed by atoms with Crippen LogP contribution in [-0.4, -0.2) is 50.8 Å². The molecule has 1 saturated heterocycles. The maximum absolute atomic E-state index is 12.9. The Morgan fingerprint density at radius 2 is 1.84 bits per heavy atom. The molecule has 0 spiro atoms. The largest absolute Gasteiger partial charge is 0.379 e. The summed E-state index contributed by atoms with van der Waals surface area (Å²) in [4.78, 5) is 26.2. The lowest BCUT2D eigenvalue weighted by molar-refractivity contribution is 0.0730. The van der Waals surface area contributed by atoms with Crippen LogP contribution in [0.3, 0.4) is 0 Å². The van der Waals surface area contributed by atoms with Crippen LogP contribution in [0.15, 0.2) is 29.2 Å². The highest BCUT2D eigenvalue weighted by Gasteiger charge is 2.28. The molecular weight excluding hydrogens is 438 g/mol. The number of thiophene rings is 1. The molecule has 2 aromatic rings. The van der Waals surface area contributed by atoms with Gasteiger partial charge in [0.1, 0.15) is 5.00 Å². The summed E-state index contributed by atoms with van der Waals surface area (Å²) in [6.07, 6.45) is 4.77. The van der Waals surface area contributed by atoms with Crippen molar-refractivity contribution < 1.29 is 22.7 Å². The van der Waals surface area contributed by atoms with Crippen LogP contribution in [0.4, 0.5) is 5.00 Å². The molecule has 4 rings (SSSR count). The molecule has 0 atom stereocenters. The van der Waals surface area contributed by atoms with Gasteiger partial charge < -0.3 is 15.8 Å². The fourth-order valence-corrected chi connectivity index (χ4v) is 6.74. The number of carbonyl (C=O) groups is 2. The number of aryl methyl sites for hydroxylation is 1. The number of fused-ring (bicyclic) bond motifs is 1. The van der Waals surface area contributed by atoms with E-state index in [-0.39, 0.29) is 23.5 Å². The molecule has 1 aliphatic carbocycles. The summed E-state index contributed by atoms with van der Waals surface area (Å²) in [5, 5.41) is 3.23. The Hall–Kier alpha value is -2.27. The summed E-state index contributed by atoms with van der Waals surface area (Å²) in [5.41, 5.74) is 7.16. The normalized spacial score (nSPS) is 17.5. The van der Waals surface area contributed by atoms with Gasteiger partial charge in [-0.3, -0.25) is 9.59 Å². The van der Waals surface area contributed by atoms with Crippen LogP contribution in [0.25, 0.3) is 0 Å². The summed E-state index contributed by atoms with van der Waals surface area (Å²) in [6.45, 7) is 1.25. The fourth-order valence-electron chi connectivity index (χ4n) is 4.00. The molecule has 1 aliphatic heterocycles. The average molecular weight is 464 g/mol. The van der Waals surface area contributed by atoms with Gasteiger partial charge in [0.2, 0.25) is 10.0 Å². The monoisotopic (exact) mass is 463 g/mol. The van der Waals surface area contributed by atoms with E-state index in [0.29, 0.717) is 23.8 Å². The van der Waals surface area contributed by atoms with Gasteiger partial charge in [0, 0.05) is 23.5 Å². The Bertz CT molecular complexity index is 1100. The third-order valence-corrected chi connectivity index (χ3v) is 8.70. The van der Waals surface area contributed by atoms with Crippen LogP contribution in [0, 0.1) is 0 Å². The van der Waals surface area contributed by atoms with Gasteiger partial charge in [0.25, 0.3) is 11.8 Å². The second kappa shape index (κ2) is 9.07. The molecule has 1 aromatic heterocycles. The molecule has 8 nitrogen and oxygen atoms in total. The Morgan fingerprint density at radius 3 is 2.58 bits per heavy atom. The highest BCUT2D eigenvalue weighted by atomic mass is 32.2. The van der Waals surface area contributed by atoms with Crippen molar-refractivity contribution in [1.82, 2.24) is 4.31 Å². The molecule has 3 N–H and O–H groups in total. The first-order valence-electron chi connectivity index (χ1n) is 10.3. The van der Waals surface area contributed by atoms with E-state index in [1.54, 1.807) is 12.1 Å². The van der Waals surface area contributed by atoms with E-state index in [4.69, 9.17) is 10.5 Å². The minimum absolute atomic E-state index is 0.0548. The zero-order valence-corrected chi connectivity index (χ0v) is 18.7. The highest BCUT2D eigenvalue weighted by molar-refractivity contribution is 7.89. The van der Waals surface area contributed by atoms with Crippen LogP contribution in [0.2, 0.25) is 0 Å². The van der Waals surface area contributed by atoms with Crippen molar-refractivity contribution in [3.05, 3.63) is 45.8 Å². The molecule has 1 fully saturated rings. The smallest absolute Gasteiger partial charge is 0.256 e. The number of nitrogens with two attached hydrogens (primary N) is 1. The first kappa shape index (κ1) is 21.9. The number of rotatable bonds is 5. The van der Waals surface area contributed by atoms with Crippen molar-refractivity contribution in [3.63, 3.8) is 0 Å². The fraction of sp³-hybridized carbons (Fsp3) is 0.429. The number of hydrogen-bond acceptors (Lipinski definition) is 6. The predicted octanol–water partition coefficient (Wildman–Crippen LogP) is 2.39. The van der Waals surface area contributed by atoms with E-state index in [1.165, 1.54) is 27.8 Å². The zero-order valence-electron chi connectivity index (χ0n) is 17.1. The minimum atomic E-state index is -3.72. The minimum Gasteiger partial charge on any atom is -0.379 e.